The van der Waals surface area contributed by atoms with Crippen molar-refractivity contribution in [2.75, 3.05) is 31.4 Å². The lowest BCUT2D eigenvalue weighted by molar-refractivity contribution is 0.173. The third-order valence-corrected chi connectivity index (χ3v) is 6.89. The summed E-state index contributed by atoms with van der Waals surface area (Å²) in [6, 6.07) is 13.1. The maximum Gasteiger partial charge on any atom is 0.231 e. The van der Waals surface area contributed by atoms with Crippen LogP contribution in [0.15, 0.2) is 36.4 Å². The van der Waals surface area contributed by atoms with E-state index in [4.69, 9.17) is 14.2 Å². The predicted octanol–water partition coefficient (Wildman–Crippen LogP) is 4.49. The average molecular weight is 363 g/mol. The Morgan fingerprint density at radius 3 is 2.59 bits per heavy atom. The van der Waals surface area contributed by atoms with Crippen LogP contribution in [-0.2, 0) is 5.41 Å². The number of hydrogen-bond acceptors (Lipinski definition) is 4. The fraction of sp³-hybridized carbons (Fsp3) is 0.478. The Labute approximate surface area is 160 Å². The third-order valence-electron chi connectivity index (χ3n) is 6.89. The van der Waals surface area contributed by atoms with Crippen molar-refractivity contribution in [3.05, 3.63) is 47.5 Å². The van der Waals surface area contributed by atoms with E-state index in [1.807, 2.05) is 6.07 Å². The highest BCUT2D eigenvalue weighted by atomic mass is 16.7. The first kappa shape index (κ1) is 15.7. The third kappa shape index (κ3) is 2.28. The average Bonchev–Trinajstić information content (AvgIpc) is 3.39. The SMILES string of the molecule is c1ccc2c(c1)N(CC1CCCCC1)CC21COc2cc3c(cc21)OCO3. The van der Waals surface area contributed by atoms with Gasteiger partial charge < -0.3 is 19.1 Å². The monoisotopic (exact) mass is 363 g/mol. The lowest BCUT2D eigenvalue weighted by Gasteiger charge is -2.30. The number of rotatable bonds is 2. The molecule has 2 aromatic rings. The van der Waals surface area contributed by atoms with Crippen LogP contribution in [0.3, 0.4) is 0 Å². The molecule has 0 N–H and O–H groups in total. The van der Waals surface area contributed by atoms with E-state index in [-0.39, 0.29) is 5.41 Å². The Bertz CT molecular complexity index is 889. The smallest absolute Gasteiger partial charge is 0.231 e. The van der Waals surface area contributed by atoms with Crippen molar-refractivity contribution in [3.63, 3.8) is 0 Å². The largest absolute Gasteiger partial charge is 0.492 e. The molecule has 0 aromatic heterocycles. The van der Waals surface area contributed by atoms with Gasteiger partial charge in [0.2, 0.25) is 6.79 Å². The quantitative estimate of drug-likeness (QED) is 0.786. The van der Waals surface area contributed by atoms with Gasteiger partial charge >= 0.3 is 0 Å². The Hall–Kier alpha value is -2.36. The van der Waals surface area contributed by atoms with Gasteiger partial charge in [0.25, 0.3) is 0 Å². The molecule has 3 heterocycles. The molecule has 1 atom stereocenters. The summed E-state index contributed by atoms with van der Waals surface area (Å²) in [6.45, 7) is 3.16. The highest BCUT2D eigenvalue weighted by Crippen LogP contribution is 2.54. The molecule has 27 heavy (non-hydrogen) atoms. The second-order valence-electron chi connectivity index (χ2n) is 8.47. The van der Waals surface area contributed by atoms with Gasteiger partial charge in [0.05, 0.1) is 5.41 Å². The standard InChI is InChI=1S/C23H25NO3/c1-2-6-16(7-3-1)12-24-13-23(17-8-4-5-9-19(17)24)14-25-20-11-22-21(10-18(20)23)26-15-27-22/h4-5,8-11,16H,1-3,6-7,12-15H2. The minimum atomic E-state index is -0.0957. The second kappa shape index (κ2) is 5.82. The highest BCUT2D eigenvalue weighted by molar-refractivity contribution is 5.70. The van der Waals surface area contributed by atoms with Crippen molar-refractivity contribution >= 4 is 5.69 Å². The van der Waals surface area contributed by atoms with E-state index < -0.39 is 0 Å². The summed E-state index contributed by atoms with van der Waals surface area (Å²) in [5.41, 5.74) is 3.95. The summed E-state index contributed by atoms with van der Waals surface area (Å²) < 4.78 is 17.4. The summed E-state index contributed by atoms with van der Waals surface area (Å²) in [5.74, 6) is 3.42. The van der Waals surface area contributed by atoms with Gasteiger partial charge in [0.15, 0.2) is 11.5 Å². The summed E-state index contributed by atoms with van der Waals surface area (Å²) >= 11 is 0. The molecule has 0 saturated heterocycles. The lowest BCUT2D eigenvalue weighted by atomic mass is 9.77. The molecule has 1 saturated carbocycles. The van der Waals surface area contributed by atoms with Gasteiger partial charge in [-0.25, -0.2) is 0 Å². The first-order valence-electron chi connectivity index (χ1n) is 10.2. The van der Waals surface area contributed by atoms with Gasteiger partial charge in [-0.3, -0.25) is 0 Å². The van der Waals surface area contributed by atoms with E-state index in [1.165, 1.54) is 55.5 Å². The Morgan fingerprint density at radius 2 is 1.70 bits per heavy atom. The Kier molecular flexibility index (Phi) is 3.38. The summed E-state index contributed by atoms with van der Waals surface area (Å²) in [4.78, 5) is 2.62. The summed E-state index contributed by atoms with van der Waals surface area (Å²) in [6.07, 6.45) is 6.93. The van der Waals surface area contributed by atoms with Gasteiger partial charge in [-0.15, -0.1) is 0 Å². The first-order valence-corrected chi connectivity index (χ1v) is 10.2. The van der Waals surface area contributed by atoms with Gasteiger partial charge in [-0.1, -0.05) is 37.5 Å². The molecule has 140 valence electrons. The predicted molar refractivity (Wildman–Crippen MR) is 104 cm³/mol. The number of hydrogen-bond donors (Lipinski definition) is 0. The van der Waals surface area contributed by atoms with Gasteiger partial charge in [0, 0.05) is 30.4 Å². The van der Waals surface area contributed by atoms with E-state index in [1.54, 1.807) is 0 Å². The van der Waals surface area contributed by atoms with Crippen LogP contribution in [0.25, 0.3) is 0 Å². The molecule has 1 fully saturated rings. The molecular formula is C23H25NO3. The van der Waals surface area contributed by atoms with Crippen molar-refractivity contribution in [1.82, 2.24) is 0 Å². The zero-order valence-corrected chi connectivity index (χ0v) is 15.6. The van der Waals surface area contributed by atoms with Crippen molar-refractivity contribution in [3.8, 4) is 17.2 Å². The molecule has 4 nitrogen and oxygen atoms in total. The molecule has 4 aliphatic rings. The Morgan fingerprint density at radius 1 is 0.889 bits per heavy atom. The molecule has 4 heteroatoms. The fourth-order valence-electron chi connectivity index (χ4n) is 5.54. The van der Waals surface area contributed by atoms with E-state index in [0.717, 1.165) is 29.7 Å². The molecule has 0 amide bonds. The zero-order chi connectivity index (χ0) is 17.8. The van der Waals surface area contributed by atoms with Gasteiger partial charge in [-0.2, -0.15) is 0 Å². The van der Waals surface area contributed by atoms with Crippen LogP contribution in [-0.4, -0.2) is 26.5 Å². The molecule has 0 bridgehead atoms. The minimum Gasteiger partial charge on any atom is -0.492 e. The van der Waals surface area contributed by atoms with Crippen molar-refractivity contribution in [2.45, 2.75) is 37.5 Å². The Balaban J connectivity index is 1.41. The van der Waals surface area contributed by atoms with Crippen molar-refractivity contribution < 1.29 is 14.2 Å². The number of para-hydroxylation sites is 1. The molecule has 3 aliphatic heterocycles. The first-order chi connectivity index (χ1) is 13.3. The molecule has 1 aliphatic carbocycles. The van der Waals surface area contributed by atoms with Gasteiger partial charge in [-0.05, 0) is 36.5 Å². The highest BCUT2D eigenvalue weighted by Gasteiger charge is 2.50. The van der Waals surface area contributed by atoms with Crippen LogP contribution in [0.2, 0.25) is 0 Å². The topological polar surface area (TPSA) is 30.9 Å². The second-order valence-corrected chi connectivity index (χ2v) is 8.47. The van der Waals surface area contributed by atoms with Crippen LogP contribution in [0.5, 0.6) is 17.2 Å². The van der Waals surface area contributed by atoms with Crippen molar-refractivity contribution in [2.24, 2.45) is 5.92 Å². The molecule has 0 radical (unpaired) electrons. The van der Waals surface area contributed by atoms with Crippen LogP contribution in [0.4, 0.5) is 5.69 Å². The fourth-order valence-corrected chi connectivity index (χ4v) is 5.54. The number of anilines is 1. The van der Waals surface area contributed by atoms with E-state index >= 15 is 0 Å². The van der Waals surface area contributed by atoms with E-state index in [2.05, 4.69) is 35.2 Å². The lowest BCUT2D eigenvalue weighted by Crippen LogP contribution is -2.38. The molecule has 1 unspecified atom stereocenters. The molecule has 1 spiro atoms. The zero-order valence-electron chi connectivity index (χ0n) is 15.6. The number of ether oxygens (including phenoxy) is 3. The maximum atomic E-state index is 6.19. The van der Waals surface area contributed by atoms with Gasteiger partial charge in [0.1, 0.15) is 12.4 Å². The van der Waals surface area contributed by atoms with Crippen LogP contribution >= 0.6 is 0 Å². The molecule has 2 aromatic carbocycles. The number of nitrogens with zero attached hydrogens (tertiary/aromatic N) is 1. The number of benzene rings is 2. The summed E-state index contributed by atoms with van der Waals surface area (Å²) in [5, 5.41) is 0. The minimum absolute atomic E-state index is 0.0957. The van der Waals surface area contributed by atoms with E-state index in [0.29, 0.717) is 13.4 Å². The number of fused-ring (bicyclic) bond motifs is 5. The molecule has 6 rings (SSSR count). The van der Waals surface area contributed by atoms with Crippen LogP contribution in [0, 0.1) is 5.92 Å². The summed E-state index contributed by atoms with van der Waals surface area (Å²) in [7, 11) is 0. The normalized spacial score (nSPS) is 25.6. The molecular weight excluding hydrogens is 338 g/mol. The van der Waals surface area contributed by atoms with E-state index in [9.17, 15) is 0 Å². The van der Waals surface area contributed by atoms with Crippen molar-refractivity contribution in [1.29, 1.82) is 0 Å². The van der Waals surface area contributed by atoms with Crippen LogP contribution in [0.1, 0.15) is 43.2 Å². The maximum absolute atomic E-state index is 6.19. The van der Waals surface area contributed by atoms with Crippen LogP contribution < -0.4 is 19.1 Å².